The number of carbonyl (C=O) groups is 2. The molecular weight excluding hydrogens is 1070 g/mol. The number of rotatable bonds is 14. The van der Waals surface area contributed by atoms with Gasteiger partial charge in [0.15, 0.2) is 5.78 Å². The minimum Gasteiger partial charge on any atom is -0.496 e. The first kappa shape index (κ1) is 56.3. The van der Waals surface area contributed by atoms with Gasteiger partial charge >= 0.3 is 0 Å². The quantitative estimate of drug-likeness (QED) is 0.0609. The molecule has 6 aromatic rings. The van der Waals surface area contributed by atoms with Crippen LogP contribution < -0.4 is 30.7 Å². The lowest BCUT2D eigenvalue weighted by molar-refractivity contribution is -0.114. The SMILES string of the molecule is C1CC2(C1)CCNCC2.COc1cc2ncnc(Nc3ccc(F)c(Cl)c3)c2cc1CC(=O)/C=C/CBr.COc1cc2ncnc(Nc3ccc(F)c(Cl)c3)c2cc1NC(=O)/C=C/CC1CCC2(CCC2)CC1.Cl. The van der Waals surface area contributed by atoms with Crippen molar-refractivity contribution in [2.75, 3.05) is 48.6 Å². The number of nitrogens with zero attached hydrogens (tertiary/aromatic N) is 4. The van der Waals surface area contributed by atoms with Gasteiger partial charge in [-0.3, -0.25) is 9.59 Å². The number of carbonyl (C=O) groups excluding carboxylic acids is 2. The van der Waals surface area contributed by atoms with Crippen molar-refractivity contribution >= 4 is 114 Å². The van der Waals surface area contributed by atoms with Gasteiger partial charge in [0.25, 0.3) is 0 Å². The lowest BCUT2D eigenvalue weighted by Crippen LogP contribution is -2.40. The van der Waals surface area contributed by atoms with Crippen LogP contribution >= 0.6 is 51.5 Å². The maximum Gasteiger partial charge on any atom is 0.248 e. The van der Waals surface area contributed by atoms with Gasteiger partial charge in [0, 0.05) is 51.6 Å². The van der Waals surface area contributed by atoms with Crippen molar-refractivity contribution in [1.82, 2.24) is 25.3 Å². The second-order valence-corrected chi connectivity index (χ2v) is 20.9. The third-order valence-corrected chi connectivity index (χ3v) is 15.7. The maximum absolute atomic E-state index is 13.5. The first-order valence-electron chi connectivity index (χ1n) is 24.9. The van der Waals surface area contributed by atoms with Crippen LogP contribution in [0.25, 0.3) is 21.8 Å². The van der Waals surface area contributed by atoms with Crippen LogP contribution in [0.4, 0.5) is 37.5 Å². The molecule has 4 N–H and O–H groups in total. The number of halogens is 6. The van der Waals surface area contributed by atoms with Gasteiger partial charge in [-0.1, -0.05) is 64.1 Å². The van der Waals surface area contributed by atoms with Crippen molar-refractivity contribution in [3.05, 3.63) is 125 Å². The predicted molar refractivity (Wildman–Crippen MR) is 299 cm³/mol. The van der Waals surface area contributed by atoms with E-state index in [1.165, 1.54) is 133 Å². The number of ketones is 1. The highest BCUT2D eigenvalue weighted by Crippen LogP contribution is 2.53. The van der Waals surface area contributed by atoms with Gasteiger partial charge in [-0.2, -0.15) is 0 Å². The van der Waals surface area contributed by atoms with Crippen LogP contribution in [0.2, 0.25) is 10.0 Å². The van der Waals surface area contributed by atoms with Crippen LogP contribution in [-0.4, -0.2) is 64.3 Å². The number of alkyl halides is 1. The number of nitrogens with one attached hydrogen (secondary N) is 4. The van der Waals surface area contributed by atoms with E-state index in [0.717, 1.165) is 11.8 Å². The van der Waals surface area contributed by atoms with Crippen molar-refractivity contribution in [3.8, 4) is 11.5 Å². The molecule has 4 aromatic carbocycles. The maximum atomic E-state index is 13.5. The van der Waals surface area contributed by atoms with E-state index in [1.807, 2.05) is 12.1 Å². The summed E-state index contributed by atoms with van der Waals surface area (Å²) >= 11 is 15.0. The molecule has 0 radical (unpaired) electrons. The van der Waals surface area contributed by atoms with Crippen molar-refractivity contribution < 1.29 is 27.8 Å². The molecule has 2 aromatic heterocycles. The van der Waals surface area contributed by atoms with Crippen molar-refractivity contribution in [2.24, 2.45) is 16.7 Å². The van der Waals surface area contributed by atoms with Crippen LogP contribution in [0.5, 0.6) is 11.5 Å². The molecule has 3 saturated carbocycles. The number of methoxy groups -OCH3 is 2. The molecule has 0 bridgehead atoms. The fraction of sp³-hybridized carbons (Fsp3) is 0.393. The fourth-order valence-electron chi connectivity index (χ4n) is 10.2. The van der Waals surface area contributed by atoms with E-state index in [0.29, 0.717) is 84.2 Å². The Morgan fingerprint density at radius 2 is 1.26 bits per heavy atom. The topological polar surface area (TPSA) is 152 Å². The number of hydrogen-bond acceptors (Lipinski definition) is 11. The average molecular weight is 1140 g/mol. The van der Waals surface area contributed by atoms with E-state index in [9.17, 15) is 18.4 Å². The Hall–Kier alpha value is -5.45. The molecule has 4 aliphatic rings. The molecule has 18 heteroatoms. The molecule has 0 atom stereocenters. The van der Waals surface area contributed by atoms with Crippen molar-refractivity contribution in [1.29, 1.82) is 0 Å². The minimum atomic E-state index is -0.498. The predicted octanol–water partition coefficient (Wildman–Crippen LogP) is 14.6. The summed E-state index contributed by atoms with van der Waals surface area (Å²) in [5.74, 6) is 1.49. The Labute approximate surface area is 455 Å². The molecule has 1 saturated heterocycles. The highest BCUT2D eigenvalue weighted by Gasteiger charge is 2.40. The fourth-order valence-corrected chi connectivity index (χ4v) is 10.8. The Balaban J connectivity index is 0.000000186. The molecule has 1 amide bonds. The van der Waals surface area contributed by atoms with E-state index < -0.39 is 11.6 Å². The van der Waals surface area contributed by atoms with Gasteiger partial charge < -0.3 is 30.7 Å². The molecule has 392 valence electrons. The molecule has 74 heavy (non-hydrogen) atoms. The van der Waals surface area contributed by atoms with Gasteiger partial charge in [-0.25, -0.2) is 28.7 Å². The molecule has 12 nitrogen and oxygen atoms in total. The lowest BCUT2D eigenvalue weighted by Gasteiger charge is -2.47. The summed E-state index contributed by atoms with van der Waals surface area (Å²) in [4.78, 5) is 42.1. The third-order valence-electron chi connectivity index (χ3n) is 14.8. The molecule has 3 heterocycles. The van der Waals surface area contributed by atoms with Gasteiger partial charge in [-0.05, 0) is 161 Å². The minimum absolute atomic E-state index is 0. The Kier molecular flexibility index (Phi) is 20.0. The normalized spacial score (nSPS) is 16.5. The van der Waals surface area contributed by atoms with Crippen LogP contribution in [0.15, 0.2) is 97.6 Å². The van der Waals surface area contributed by atoms with E-state index in [4.69, 9.17) is 32.7 Å². The first-order chi connectivity index (χ1) is 35.4. The third kappa shape index (κ3) is 14.5. The zero-order chi connectivity index (χ0) is 51.4. The second-order valence-electron chi connectivity index (χ2n) is 19.4. The van der Waals surface area contributed by atoms with Crippen LogP contribution in [0, 0.1) is 28.4 Å². The van der Waals surface area contributed by atoms with Gasteiger partial charge in [-0.15, -0.1) is 12.4 Å². The number of ether oxygens (including phenoxy) is 2. The lowest BCUT2D eigenvalue weighted by atomic mass is 9.59. The Morgan fingerprint density at radius 1 is 0.716 bits per heavy atom. The summed E-state index contributed by atoms with van der Waals surface area (Å²) in [7, 11) is 3.09. The number of allylic oxidation sites excluding steroid dienone is 3. The zero-order valence-corrected chi connectivity index (χ0v) is 45.5. The summed E-state index contributed by atoms with van der Waals surface area (Å²) in [6.07, 6.45) is 27.7. The molecular formula is C56H62BrCl3F2N8O4. The number of fused-ring (bicyclic) bond motifs is 2. The number of anilines is 5. The molecule has 0 unspecified atom stereocenters. The highest BCUT2D eigenvalue weighted by atomic mass is 79.9. The van der Waals surface area contributed by atoms with Crippen LogP contribution in [0.3, 0.4) is 0 Å². The van der Waals surface area contributed by atoms with E-state index in [1.54, 1.807) is 56.7 Å². The van der Waals surface area contributed by atoms with Crippen molar-refractivity contribution in [2.45, 2.75) is 89.9 Å². The van der Waals surface area contributed by atoms with Crippen LogP contribution in [-0.2, 0) is 16.0 Å². The Morgan fingerprint density at radius 3 is 1.76 bits per heavy atom. The second kappa shape index (κ2) is 26.4. The monoisotopic (exact) mass is 1130 g/mol. The number of aromatic nitrogens is 4. The summed E-state index contributed by atoms with van der Waals surface area (Å²) in [5.41, 5.74) is 5.17. The summed E-state index contributed by atoms with van der Waals surface area (Å²) in [5, 5.41) is 14.6. The van der Waals surface area contributed by atoms with E-state index in [2.05, 4.69) is 57.1 Å². The smallest absolute Gasteiger partial charge is 0.248 e. The average Bonchev–Trinajstić information content (AvgIpc) is 3.38. The number of piperidine rings is 1. The highest BCUT2D eigenvalue weighted by molar-refractivity contribution is 9.09. The molecule has 10 rings (SSSR count). The zero-order valence-electron chi connectivity index (χ0n) is 41.6. The molecule has 2 spiro atoms. The van der Waals surface area contributed by atoms with Gasteiger partial charge in [0.2, 0.25) is 5.91 Å². The van der Waals surface area contributed by atoms with Gasteiger partial charge in [0.05, 0.1) is 41.0 Å². The molecule has 1 aliphatic heterocycles. The van der Waals surface area contributed by atoms with E-state index >= 15 is 0 Å². The first-order valence-corrected chi connectivity index (χ1v) is 26.8. The summed E-state index contributed by atoms with van der Waals surface area (Å²) < 4.78 is 37.9. The summed E-state index contributed by atoms with van der Waals surface area (Å²) in [6, 6.07) is 15.8. The largest absolute Gasteiger partial charge is 0.496 e. The number of benzene rings is 4. The molecule has 4 fully saturated rings. The van der Waals surface area contributed by atoms with Crippen LogP contribution in [0.1, 0.15) is 89.0 Å². The standard InChI is InChI=1S/C28H30ClFN4O2.C20H16BrClFN3O2.C8H15N.ClH/c1-36-25-16-23-20(27(32-17-31-23)33-19-6-7-22(30)21(29)14-19)15-24(25)34-26(35)5-2-4-18-8-12-28(13-9-18)10-3-11-28;1-28-19-10-18-15(8-12(19)7-14(27)3-2-6-21)20(25-11-24-18)26-13-4-5-17(23)16(22)9-13;1-2-8(3-1)4-6-9-7-5-8;/h2,5-7,14-18H,3-4,8-13H2,1H3,(H,34,35)(H,31,32,33);2-5,8-11H,6-7H2,1H3,(H,24,25,26);9H,1-7H2;1H/b5-2+;3-2+;;. The van der Waals surface area contributed by atoms with E-state index in [-0.39, 0.29) is 40.6 Å². The Bertz CT molecular complexity index is 2980. The summed E-state index contributed by atoms with van der Waals surface area (Å²) in [6.45, 7) is 2.56. The molecule has 3 aliphatic carbocycles. The van der Waals surface area contributed by atoms with Gasteiger partial charge in [0.1, 0.15) is 47.4 Å². The number of amides is 1. The number of hydrogen-bond donors (Lipinski definition) is 4. The van der Waals surface area contributed by atoms with Crippen molar-refractivity contribution in [3.63, 3.8) is 0 Å².